The average molecular weight is 651 g/mol. The quantitative estimate of drug-likeness (QED) is 0.0749. The van der Waals surface area contributed by atoms with Gasteiger partial charge in [0.2, 0.25) is 0 Å². The van der Waals surface area contributed by atoms with Crippen molar-refractivity contribution in [1.82, 2.24) is 0 Å². The molecular formula is C39H58O6Si. The topological polar surface area (TPSA) is 82.1 Å². The van der Waals surface area contributed by atoms with Gasteiger partial charge in [0.1, 0.15) is 19.0 Å². The van der Waals surface area contributed by atoms with Crippen LogP contribution < -0.4 is 4.74 Å². The summed E-state index contributed by atoms with van der Waals surface area (Å²) in [6.45, 7) is 17.1. The van der Waals surface area contributed by atoms with E-state index < -0.39 is 14.0 Å². The van der Waals surface area contributed by atoms with E-state index in [1.165, 1.54) is 50.1 Å². The predicted octanol–water partition coefficient (Wildman–Crippen LogP) is 9.75. The number of ether oxygens (including phenoxy) is 3. The Labute approximate surface area is 278 Å². The third kappa shape index (κ3) is 11.1. The number of benzene rings is 2. The highest BCUT2D eigenvalue weighted by Gasteiger charge is 2.34. The van der Waals surface area contributed by atoms with Crippen LogP contribution in [0.3, 0.4) is 0 Å². The number of aliphatic hydroxyl groups excluding tert-OH is 1. The summed E-state index contributed by atoms with van der Waals surface area (Å²) in [5.41, 5.74) is 6.09. The van der Waals surface area contributed by atoms with Crippen LogP contribution in [0.15, 0.2) is 48.6 Å². The number of aliphatic hydroxyl groups is 1. The first kappa shape index (κ1) is 37.6. The lowest BCUT2D eigenvalue weighted by molar-refractivity contribution is -0.148. The predicted molar refractivity (Wildman–Crippen MR) is 190 cm³/mol. The molecule has 6 nitrogen and oxygen atoms in total. The van der Waals surface area contributed by atoms with Crippen LogP contribution in [-0.2, 0) is 32.3 Å². The zero-order valence-electron chi connectivity index (χ0n) is 29.3. The van der Waals surface area contributed by atoms with E-state index >= 15 is 0 Å². The lowest BCUT2D eigenvalue weighted by Gasteiger charge is -2.38. The summed E-state index contributed by atoms with van der Waals surface area (Å²) < 4.78 is 17.5. The number of esters is 2. The molecule has 2 aromatic rings. The normalized spacial score (nSPS) is 16.7. The molecule has 0 heterocycles. The van der Waals surface area contributed by atoms with Gasteiger partial charge in [-0.25, -0.2) is 4.79 Å². The second-order valence-electron chi connectivity index (χ2n) is 14.1. The number of carbonyl (C=O) groups excluding carboxylic acids is 2. The van der Waals surface area contributed by atoms with E-state index in [1.807, 2.05) is 26.0 Å². The monoisotopic (exact) mass is 650 g/mol. The summed E-state index contributed by atoms with van der Waals surface area (Å²) in [6, 6.07) is 14.4. The van der Waals surface area contributed by atoms with Gasteiger partial charge in [0.05, 0.1) is 20.6 Å². The number of unbranched alkanes of at least 4 members (excludes halogenated alkanes) is 3. The Morgan fingerprint density at radius 2 is 1.54 bits per heavy atom. The third-order valence-electron chi connectivity index (χ3n) is 9.56. The van der Waals surface area contributed by atoms with Crippen LogP contribution in [0.1, 0.15) is 108 Å². The van der Waals surface area contributed by atoms with Crippen LogP contribution >= 0.6 is 0 Å². The molecule has 7 heteroatoms. The lowest BCUT2D eigenvalue weighted by Crippen LogP contribution is -2.34. The minimum Gasteiger partial charge on any atom is -0.493 e. The van der Waals surface area contributed by atoms with Crippen LogP contribution in [0.4, 0.5) is 0 Å². The molecule has 1 N–H and O–H groups in total. The van der Waals surface area contributed by atoms with Gasteiger partial charge in [0.25, 0.3) is 0 Å². The van der Waals surface area contributed by atoms with E-state index in [0.717, 1.165) is 35.1 Å². The van der Waals surface area contributed by atoms with Crippen molar-refractivity contribution in [3.63, 3.8) is 0 Å². The molecule has 1 aliphatic carbocycles. The fraction of sp³-hybridized carbons (Fsp3) is 0.590. The van der Waals surface area contributed by atoms with Gasteiger partial charge in [-0.15, -0.1) is 0 Å². The van der Waals surface area contributed by atoms with Crippen LogP contribution in [0.2, 0.25) is 24.7 Å². The molecule has 1 saturated carbocycles. The van der Waals surface area contributed by atoms with Crippen molar-refractivity contribution in [3.8, 4) is 16.9 Å². The Balaban J connectivity index is 1.87. The van der Waals surface area contributed by atoms with E-state index in [0.29, 0.717) is 35.8 Å². The van der Waals surface area contributed by atoms with Gasteiger partial charge in [-0.3, -0.25) is 4.79 Å². The van der Waals surface area contributed by atoms with Crippen LogP contribution in [0.5, 0.6) is 5.75 Å². The fourth-order valence-electron chi connectivity index (χ4n) is 6.46. The maximum Gasteiger partial charge on any atom is 0.333 e. The maximum atomic E-state index is 12.4. The number of rotatable bonds is 18. The molecule has 0 saturated heterocycles. The van der Waals surface area contributed by atoms with Gasteiger partial charge in [-0.2, -0.15) is 0 Å². The highest BCUT2D eigenvalue weighted by molar-refractivity contribution is 6.78. The Bertz CT molecular complexity index is 1270. The van der Waals surface area contributed by atoms with E-state index in [4.69, 9.17) is 19.3 Å². The Hall–Kier alpha value is -2.90. The van der Waals surface area contributed by atoms with Gasteiger partial charge in [-0.1, -0.05) is 96.4 Å². The average Bonchev–Trinajstić information content (AvgIpc) is 3.05. The zero-order chi connectivity index (χ0) is 33.7. The van der Waals surface area contributed by atoms with Crippen LogP contribution in [0, 0.1) is 5.92 Å². The smallest absolute Gasteiger partial charge is 0.333 e. The number of hydrogen-bond donors (Lipinski definition) is 1. The van der Waals surface area contributed by atoms with E-state index in [2.05, 4.69) is 50.9 Å². The zero-order valence-corrected chi connectivity index (χ0v) is 30.3. The minimum absolute atomic E-state index is 0.00980. The Kier molecular flexibility index (Phi) is 15.1. The molecule has 3 rings (SSSR count). The molecule has 46 heavy (non-hydrogen) atoms. The van der Waals surface area contributed by atoms with E-state index in [9.17, 15) is 9.59 Å². The molecule has 0 radical (unpaired) electrons. The minimum atomic E-state index is -1.17. The highest BCUT2D eigenvalue weighted by atomic mass is 28.3. The van der Waals surface area contributed by atoms with Crippen molar-refractivity contribution in [3.05, 3.63) is 65.2 Å². The second kappa shape index (κ2) is 18.4. The molecule has 0 amide bonds. The molecule has 1 aliphatic rings. The number of hydrogen-bond acceptors (Lipinski definition) is 6. The third-order valence-corrected chi connectivity index (χ3v) is 14.0. The SMILES string of the molecule is C=C(C)C(=O)OCc1cc(-c2ccc(C3CCC([Si](C)(C)CCCC)CC3)cc2)cc(COC(=O)C(C)C)c1OCCCCCO. The Morgan fingerprint density at radius 1 is 0.913 bits per heavy atom. The summed E-state index contributed by atoms with van der Waals surface area (Å²) in [5.74, 6) is 0.158. The molecular weight excluding hydrogens is 593 g/mol. The molecule has 0 spiro atoms. The molecule has 1 fully saturated rings. The van der Waals surface area contributed by atoms with Crippen molar-refractivity contribution < 1.29 is 28.9 Å². The summed E-state index contributed by atoms with van der Waals surface area (Å²) >= 11 is 0. The summed E-state index contributed by atoms with van der Waals surface area (Å²) in [7, 11) is -1.17. The summed E-state index contributed by atoms with van der Waals surface area (Å²) in [5, 5.41) is 9.16. The van der Waals surface area contributed by atoms with Crippen molar-refractivity contribution in [2.45, 2.75) is 129 Å². The fourth-order valence-corrected chi connectivity index (χ4v) is 10.0. The molecule has 0 bridgehead atoms. The standard InChI is InChI=1S/C39H58O6Si/c1-8-9-23-46(6,7)36-19-17-31(18-20-36)30-13-15-32(16-14-30)33-24-34(26-44-38(41)28(2)3)37(43-22-12-10-11-21-40)35(25-33)27-45-39(42)29(4)5/h13-16,24-25,29,31,36,40H,2,8-12,17-23,26-27H2,1,3-7H3. The largest absolute Gasteiger partial charge is 0.493 e. The molecule has 0 aromatic heterocycles. The van der Waals surface area contributed by atoms with Crippen LogP contribution in [-0.4, -0.2) is 38.3 Å². The van der Waals surface area contributed by atoms with Gasteiger partial charge in [0, 0.05) is 23.3 Å². The van der Waals surface area contributed by atoms with Crippen molar-refractivity contribution in [1.29, 1.82) is 0 Å². The van der Waals surface area contributed by atoms with Gasteiger partial charge in [-0.05, 0) is 79.3 Å². The van der Waals surface area contributed by atoms with Gasteiger partial charge >= 0.3 is 11.9 Å². The Morgan fingerprint density at radius 3 is 2.11 bits per heavy atom. The maximum absolute atomic E-state index is 12.4. The molecule has 0 atom stereocenters. The first-order valence-electron chi connectivity index (χ1n) is 17.5. The summed E-state index contributed by atoms with van der Waals surface area (Å²) in [6.07, 6.45) is 10.2. The van der Waals surface area contributed by atoms with Crippen molar-refractivity contribution >= 4 is 20.0 Å². The molecule has 0 unspecified atom stereocenters. The molecule has 2 aromatic carbocycles. The van der Waals surface area contributed by atoms with Crippen molar-refractivity contribution in [2.24, 2.45) is 5.92 Å². The first-order valence-corrected chi connectivity index (χ1v) is 20.7. The van der Waals surface area contributed by atoms with Gasteiger partial charge < -0.3 is 19.3 Å². The molecule has 254 valence electrons. The van der Waals surface area contributed by atoms with Crippen molar-refractivity contribution in [2.75, 3.05) is 13.2 Å². The summed E-state index contributed by atoms with van der Waals surface area (Å²) in [4.78, 5) is 24.8. The first-order chi connectivity index (χ1) is 22.0. The van der Waals surface area contributed by atoms with E-state index in [-0.39, 0.29) is 31.7 Å². The van der Waals surface area contributed by atoms with Gasteiger partial charge in [0.15, 0.2) is 0 Å². The van der Waals surface area contributed by atoms with Crippen LogP contribution in [0.25, 0.3) is 11.1 Å². The highest BCUT2D eigenvalue weighted by Crippen LogP contribution is 2.45. The van der Waals surface area contributed by atoms with E-state index in [1.54, 1.807) is 6.92 Å². The number of carbonyl (C=O) groups is 2. The molecule has 0 aliphatic heterocycles. The second-order valence-corrected chi connectivity index (χ2v) is 19.4. The lowest BCUT2D eigenvalue weighted by atomic mass is 9.83.